The lowest BCUT2D eigenvalue weighted by molar-refractivity contribution is 0.508. The molecule has 0 spiro atoms. The topological polar surface area (TPSA) is 61.8 Å². The molecule has 0 aromatic heterocycles. The van der Waals surface area contributed by atoms with Crippen LogP contribution in [-0.2, 0) is 10.0 Å². The van der Waals surface area contributed by atoms with Gasteiger partial charge in [-0.1, -0.05) is 24.3 Å². The highest BCUT2D eigenvalue weighted by atomic mass is 32.2. The van der Waals surface area contributed by atoms with Gasteiger partial charge >= 0.3 is 0 Å². The lowest BCUT2D eigenvalue weighted by Crippen LogP contribution is -2.23. The first kappa shape index (κ1) is 16.1. The van der Waals surface area contributed by atoms with Crippen LogP contribution >= 0.6 is 0 Å². The van der Waals surface area contributed by atoms with E-state index in [0.717, 1.165) is 16.1 Å². The Morgan fingerprint density at radius 2 is 1.82 bits per heavy atom. The normalized spacial score (nSPS) is 12.0. The average molecular weight is 321 g/mol. The zero-order chi connectivity index (χ0) is 16.2. The summed E-state index contributed by atoms with van der Waals surface area (Å²) >= 11 is 0. The molecule has 0 bridgehead atoms. The van der Waals surface area contributed by atoms with Crippen LogP contribution in [0.15, 0.2) is 58.5 Å². The highest BCUT2D eigenvalue weighted by Crippen LogP contribution is 2.18. The molecule has 1 N–H and O–H groups in total. The summed E-state index contributed by atoms with van der Waals surface area (Å²) in [6.45, 7) is 0. The van der Waals surface area contributed by atoms with Gasteiger partial charge in [0, 0.05) is 14.1 Å². The van der Waals surface area contributed by atoms with E-state index in [4.69, 9.17) is 0 Å². The van der Waals surface area contributed by atoms with Crippen LogP contribution in [0.2, 0.25) is 0 Å². The SMILES string of the molecule is CN(C)S(=O)(=O)c1cc(C=NNc2ccccc2)ccc1F. The molecule has 2 rings (SSSR count). The maximum Gasteiger partial charge on any atom is 0.245 e. The van der Waals surface area contributed by atoms with Crippen LogP contribution in [0.3, 0.4) is 0 Å². The number of halogens is 1. The van der Waals surface area contributed by atoms with E-state index in [-0.39, 0.29) is 4.90 Å². The molecule has 0 radical (unpaired) electrons. The first-order valence-corrected chi connectivity index (χ1v) is 7.91. The fourth-order valence-electron chi connectivity index (χ4n) is 1.69. The lowest BCUT2D eigenvalue weighted by Gasteiger charge is -2.12. The van der Waals surface area contributed by atoms with Gasteiger partial charge in [-0.05, 0) is 29.8 Å². The number of nitrogens with zero attached hydrogens (tertiary/aromatic N) is 2. The van der Waals surface area contributed by atoms with Crippen molar-refractivity contribution in [3.8, 4) is 0 Å². The molecule has 0 heterocycles. The molecule has 22 heavy (non-hydrogen) atoms. The van der Waals surface area contributed by atoms with Crippen LogP contribution in [0.1, 0.15) is 5.56 Å². The molecule has 2 aromatic rings. The first-order chi connectivity index (χ1) is 10.4. The Morgan fingerprint density at radius 1 is 1.14 bits per heavy atom. The first-order valence-electron chi connectivity index (χ1n) is 6.47. The Kier molecular flexibility index (Phi) is 4.89. The summed E-state index contributed by atoms with van der Waals surface area (Å²) in [5.74, 6) is -0.790. The van der Waals surface area contributed by atoms with E-state index in [1.54, 1.807) is 0 Å². The van der Waals surface area contributed by atoms with Gasteiger partial charge in [-0.2, -0.15) is 5.10 Å². The minimum absolute atomic E-state index is 0.374. The van der Waals surface area contributed by atoms with E-state index < -0.39 is 15.8 Å². The maximum absolute atomic E-state index is 13.7. The minimum atomic E-state index is -3.83. The molecule has 0 atom stereocenters. The molecular formula is C15H16FN3O2S. The van der Waals surface area contributed by atoms with E-state index in [1.807, 2.05) is 30.3 Å². The fourth-order valence-corrected chi connectivity index (χ4v) is 2.68. The Labute approximate surface area is 129 Å². The van der Waals surface area contributed by atoms with E-state index in [2.05, 4.69) is 10.5 Å². The number of hydrogen-bond donors (Lipinski definition) is 1. The smallest absolute Gasteiger partial charge is 0.245 e. The van der Waals surface area contributed by atoms with Crippen molar-refractivity contribution in [2.24, 2.45) is 5.10 Å². The summed E-state index contributed by atoms with van der Waals surface area (Å²) in [5, 5.41) is 4.00. The number of sulfonamides is 1. The van der Waals surface area contributed by atoms with Gasteiger partial charge in [0.2, 0.25) is 10.0 Å². The van der Waals surface area contributed by atoms with Crippen LogP contribution in [0.5, 0.6) is 0 Å². The summed E-state index contributed by atoms with van der Waals surface area (Å²) in [7, 11) is -1.12. The summed E-state index contributed by atoms with van der Waals surface area (Å²) in [4.78, 5) is -0.374. The monoisotopic (exact) mass is 321 g/mol. The van der Waals surface area contributed by atoms with Crippen LogP contribution in [0.4, 0.5) is 10.1 Å². The van der Waals surface area contributed by atoms with Gasteiger partial charge < -0.3 is 0 Å². The molecule has 0 amide bonds. The second-order valence-corrected chi connectivity index (χ2v) is 6.83. The maximum atomic E-state index is 13.7. The van der Waals surface area contributed by atoms with Crippen LogP contribution < -0.4 is 5.43 Å². The summed E-state index contributed by atoms with van der Waals surface area (Å²) in [5.41, 5.74) is 4.08. The van der Waals surface area contributed by atoms with Crippen molar-refractivity contribution in [1.29, 1.82) is 0 Å². The number of rotatable bonds is 5. The second-order valence-electron chi connectivity index (χ2n) is 4.71. The number of hydrazone groups is 1. The molecule has 0 aliphatic rings. The van der Waals surface area contributed by atoms with Crippen LogP contribution in [0.25, 0.3) is 0 Å². The van der Waals surface area contributed by atoms with E-state index in [0.29, 0.717) is 5.56 Å². The summed E-state index contributed by atoms with van der Waals surface area (Å²) in [6.07, 6.45) is 1.43. The quantitative estimate of drug-likeness (QED) is 0.680. The zero-order valence-electron chi connectivity index (χ0n) is 12.2. The molecule has 0 aliphatic heterocycles. The zero-order valence-corrected chi connectivity index (χ0v) is 13.0. The number of para-hydroxylation sites is 1. The van der Waals surface area contributed by atoms with Crippen molar-refractivity contribution >= 4 is 21.9 Å². The third-order valence-corrected chi connectivity index (χ3v) is 4.73. The van der Waals surface area contributed by atoms with Crippen molar-refractivity contribution < 1.29 is 12.8 Å². The molecule has 5 nitrogen and oxygen atoms in total. The molecule has 0 saturated heterocycles. The Balaban J connectivity index is 2.23. The molecule has 0 fully saturated rings. The predicted molar refractivity (Wildman–Crippen MR) is 84.9 cm³/mol. The van der Waals surface area contributed by atoms with Crippen molar-refractivity contribution in [2.45, 2.75) is 4.90 Å². The molecular weight excluding hydrogens is 305 g/mol. The van der Waals surface area contributed by atoms with Gasteiger partial charge in [0.05, 0.1) is 11.9 Å². The molecule has 0 aliphatic carbocycles. The third kappa shape index (κ3) is 3.69. The van der Waals surface area contributed by atoms with Crippen molar-refractivity contribution in [3.63, 3.8) is 0 Å². The van der Waals surface area contributed by atoms with E-state index in [1.165, 1.54) is 32.4 Å². The molecule has 116 valence electrons. The minimum Gasteiger partial charge on any atom is -0.279 e. The standard InChI is InChI=1S/C15H16FN3O2S/c1-19(2)22(20,21)15-10-12(8-9-14(15)16)11-17-18-13-6-4-3-5-7-13/h3-11,18H,1-2H3. The van der Waals surface area contributed by atoms with Crippen LogP contribution in [0, 0.1) is 5.82 Å². The van der Waals surface area contributed by atoms with Gasteiger partial charge in [0.15, 0.2) is 0 Å². The van der Waals surface area contributed by atoms with Crippen molar-refractivity contribution in [3.05, 3.63) is 59.9 Å². The number of nitrogens with one attached hydrogen (secondary N) is 1. The summed E-state index contributed by atoms with van der Waals surface area (Å²) in [6, 6.07) is 13.1. The molecule has 7 heteroatoms. The third-order valence-electron chi connectivity index (χ3n) is 2.89. The van der Waals surface area contributed by atoms with Crippen molar-refractivity contribution in [2.75, 3.05) is 19.5 Å². The highest BCUT2D eigenvalue weighted by Gasteiger charge is 2.21. The molecule has 0 unspecified atom stereocenters. The number of anilines is 1. The average Bonchev–Trinajstić information content (AvgIpc) is 2.49. The van der Waals surface area contributed by atoms with Gasteiger partial charge in [-0.25, -0.2) is 17.1 Å². The van der Waals surface area contributed by atoms with Crippen molar-refractivity contribution in [1.82, 2.24) is 4.31 Å². The number of benzene rings is 2. The Bertz CT molecular complexity index is 775. The largest absolute Gasteiger partial charge is 0.279 e. The summed E-state index contributed by atoms with van der Waals surface area (Å²) < 4.78 is 38.8. The van der Waals surface area contributed by atoms with Gasteiger partial charge in [0.1, 0.15) is 10.7 Å². The molecule has 0 saturated carbocycles. The van der Waals surface area contributed by atoms with Crippen LogP contribution in [-0.4, -0.2) is 33.0 Å². The Morgan fingerprint density at radius 3 is 2.45 bits per heavy atom. The number of hydrogen-bond acceptors (Lipinski definition) is 4. The van der Waals surface area contributed by atoms with Gasteiger partial charge in [-0.15, -0.1) is 0 Å². The molecule has 2 aromatic carbocycles. The van der Waals surface area contributed by atoms with Gasteiger partial charge in [-0.3, -0.25) is 5.43 Å². The van der Waals surface area contributed by atoms with E-state index >= 15 is 0 Å². The second kappa shape index (κ2) is 6.67. The lowest BCUT2D eigenvalue weighted by atomic mass is 10.2. The fraction of sp³-hybridized carbons (Fsp3) is 0.133. The van der Waals surface area contributed by atoms with Gasteiger partial charge in [0.25, 0.3) is 0 Å². The van der Waals surface area contributed by atoms with E-state index in [9.17, 15) is 12.8 Å². The highest BCUT2D eigenvalue weighted by molar-refractivity contribution is 7.89. The predicted octanol–water partition coefficient (Wildman–Crippen LogP) is 2.52. The Hall–Kier alpha value is -2.25.